The van der Waals surface area contributed by atoms with Crippen molar-refractivity contribution in [2.45, 2.75) is 31.1 Å². The minimum absolute atomic E-state index is 0.0196. The molecule has 0 spiro atoms. The van der Waals surface area contributed by atoms with Gasteiger partial charge in [0.1, 0.15) is 0 Å². The van der Waals surface area contributed by atoms with Crippen molar-refractivity contribution < 1.29 is 27.5 Å². The maximum atomic E-state index is 12.7. The summed E-state index contributed by atoms with van der Waals surface area (Å²) in [6, 6.07) is 10.4. The van der Waals surface area contributed by atoms with Gasteiger partial charge in [0, 0.05) is 0 Å². The Morgan fingerprint density at radius 1 is 0.857 bits per heavy atom. The van der Waals surface area contributed by atoms with Crippen LogP contribution in [0.3, 0.4) is 0 Å². The van der Waals surface area contributed by atoms with E-state index in [-0.39, 0.29) is 27.1 Å². The van der Waals surface area contributed by atoms with Crippen molar-refractivity contribution in [2.75, 3.05) is 18.9 Å². The number of benzene rings is 2. The fourth-order valence-corrected chi connectivity index (χ4v) is 3.55. The number of hydrogen-bond donors (Lipinski definition) is 1. The van der Waals surface area contributed by atoms with Gasteiger partial charge in [0.05, 0.1) is 35.9 Å². The maximum Gasteiger partial charge on any atom is 0.337 e. The Hall–Kier alpha value is -2.87. The zero-order valence-corrected chi connectivity index (χ0v) is 17.2. The van der Waals surface area contributed by atoms with Crippen LogP contribution in [0.4, 0.5) is 5.69 Å². The number of ether oxygens (including phenoxy) is 2. The Morgan fingerprint density at radius 2 is 1.32 bits per heavy atom. The molecular weight excluding hydrogens is 382 g/mol. The number of carbonyl (C=O) groups excluding carboxylic acids is 2. The Morgan fingerprint density at radius 3 is 1.71 bits per heavy atom. The summed E-state index contributed by atoms with van der Waals surface area (Å²) in [7, 11) is -1.55. The van der Waals surface area contributed by atoms with Crippen LogP contribution in [0.1, 0.15) is 47.1 Å². The second-order valence-corrected chi connectivity index (χ2v) is 8.84. The predicted octanol–water partition coefficient (Wildman–Crippen LogP) is 3.36. The molecule has 0 atom stereocenters. The van der Waals surface area contributed by atoms with Crippen molar-refractivity contribution in [2.24, 2.45) is 0 Å². The summed E-state index contributed by atoms with van der Waals surface area (Å²) in [6.45, 7) is 6.09. The minimum Gasteiger partial charge on any atom is -0.465 e. The maximum absolute atomic E-state index is 12.7. The summed E-state index contributed by atoms with van der Waals surface area (Å²) >= 11 is 0. The number of anilines is 1. The number of rotatable bonds is 5. The molecule has 0 saturated heterocycles. The molecule has 28 heavy (non-hydrogen) atoms. The predicted molar refractivity (Wildman–Crippen MR) is 105 cm³/mol. The van der Waals surface area contributed by atoms with Gasteiger partial charge in [-0.15, -0.1) is 0 Å². The van der Waals surface area contributed by atoms with Crippen LogP contribution in [-0.4, -0.2) is 34.6 Å². The lowest BCUT2D eigenvalue weighted by atomic mass is 9.87. The number of esters is 2. The van der Waals surface area contributed by atoms with Gasteiger partial charge in [-0.3, -0.25) is 4.72 Å². The zero-order valence-electron chi connectivity index (χ0n) is 16.4. The first-order valence-corrected chi connectivity index (χ1v) is 9.91. The van der Waals surface area contributed by atoms with Crippen LogP contribution in [-0.2, 0) is 24.9 Å². The van der Waals surface area contributed by atoms with Crippen LogP contribution in [0.2, 0.25) is 0 Å². The average Bonchev–Trinajstić information content (AvgIpc) is 2.65. The molecule has 0 radical (unpaired) electrons. The van der Waals surface area contributed by atoms with E-state index in [0.717, 1.165) is 5.56 Å². The molecule has 0 fully saturated rings. The molecule has 0 heterocycles. The fraction of sp³-hybridized carbons (Fsp3) is 0.300. The highest BCUT2D eigenvalue weighted by Gasteiger charge is 2.20. The minimum atomic E-state index is -3.93. The van der Waals surface area contributed by atoms with Gasteiger partial charge in [-0.2, -0.15) is 0 Å². The molecule has 2 aromatic carbocycles. The number of sulfonamides is 1. The highest BCUT2D eigenvalue weighted by Crippen LogP contribution is 2.25. The lowest BCUT2D eigenvalue weighted by Crippen LogP contribution is -2.16. The molecule has 2 rings (SSSR count). The molecule has 0 bridgehead atoms. The van der Waals surface area contributed by atoms with Gasteiger partial charge in [-0.1, -0.05) is 32.9 Å². The second-order valence-electron chi connectivity index (χ2n) is 7.16. The van der Waals surface area contributed by atoms with E-state index in [9.17, 15) is 18.0 Å². The lowest BCUT2D eigenvalue weighted by molar-refractivity contribution is 0.0599. The van der Waals surface area contributed by atoms with Gasteiger partial charge >= 0.3 is 11.9 Å². The van der Waals surface area contributed by atoms with E-state index in [1.807, 2.05) is 20.8 Å². The van der Waals surface area contributed by atoms with E-state index < -0.39 is 22.0 Å². The summed E-state index contributed by atoms with van der Waals surface area (Å²) in [5.41, 5.74) is 0.965. The standard InChI is InChI=1S/C20H23NO6S/c1-20(2,3)15-6-8-17(9-7-15)28(24,25)21-16-11-13(18(22)26-4)10-14(12-16)19(23)27-5/h6-12,21H,1-5H3. The largest absolute Gasteiger partial charge is 0.465 e. The van der Waals surface area contributed by atoms with Crippen LogP contribution in [0, 0.1) is 0 Å². The van der Waals surface area contributed by atoms with E-state index in [0.29, 0.717) is 0 Å². The molecule has 8 heteroatoms. The van der Waals surface area contributed by atoms with E-state index in [2.05, 4.69) is 14.2 Å². The van der Waals surface area contributed by atoms with E-state index in [1.165, 1.54) is 44.6 Å². The molecule has 1 N–H and O–H groups in total. The van der Waals surface area contributed by atoms with E-state index in [1.54, 1.807) is 12.1 Å². The summed E-state index contributed by atoms with van der Waals surface area (Å²) in [5, 5.41) is 0. The van der Waals surface area contributed by atoms with Crippen LogP contribution in [0.5, 0.6) is 0 Å². The normalized spacial score (nSPS) is 11.6. The molecule has 0 aromatic heterocycles. The highest BCUT2D eigenvalue weighted by molar-refractivity contribution is 7.92. The summed E-state index contributed by atoms with van der Waals surface area (Å²) in [5.74, 6) is -1.42. The number of nitrogens with one attached hydrogen (secondary N) is 1. The van der Waals surface area contributed by atoms with Crippen molar-refractivity contribution in [3.05, 3.63) is 59.2 Å². The van der Waals surface area contributed by atoms with Gasteiger partial charge in [-0.05, 0) is 41.3 Å². The molecule has 0 aliphatic heterocycles. The third-order valence-electron chi connectivity index (χ3n) is 4.06. The molecule has 2 aromatic rings. The second kappa shape index (κ2) is 8.02. The quantitative estimate of drug-likeness (QED) is 0.766. The Labute approximate surface area is 164 Å². The van der Waals surface area contributed by atoms with Gasteiger partial charge in [-0.25, -0.2) is 18.0 Å². The molecule has 7 nitrogen and oxygen atoms in total. The van der Waals surface area contributed by atoms with Crippen molar-refractivity contribution >= 4 is 27.6 Å². The third kappa shape index (κ3) is 4.89. The van der Waals surface area contributed by atoms with Crippen LogP contribution in [0.25, 0.3) is 0 Å². The van der Waals surface area contributed by atoms with Crippen LogP contribution < -0.4 is 4.72 Å². The monoisotopic (exact) mass is 405 g/mol. The Kier molecular flexibility index (Phi) is 6.14. The van der Waals surface area contributed by atoms with Crippen LogP contribution >= 0.6 is 0 Å². The molecule has 0 unspecified atom stereocenters. The topological polar surface area (TPSA) is 98.8 Å². The molecule has 0 amide bonds. The van der Waals surface area contributed by atoms with Crippen molar-refractivity contribution in [3.63, 3.8) is 0 Å². The van der Waals surface area contributed by atoms with Crippen molar-refractivity contribution in [1.82, 2.24) is 0 Å². The van der Waals surface area contributed by atoms with Gasteiger partial charge in [0.2, 0.25) is 0 Å². The summed E-state index contributed by atoms with van der Waals surface area (Å²) in [4.78, 5) is 23.7. The average molecular weight is 405 g/mol. The van der Waals surface area contributed by atoms with E-state index >= 15 is 0 Å². The highest BCUT2D eigenvalue weighted by atomic mass is 32.2. The number of hydrogen-bond acceptors (Lipinski definition) is 6. The van der Waals surface area contributed by atoms with Gasteiger partial charge in [0.15, 0.2) is 0 Å². The number of methoxy groups -OCH3 is 2. The zero-order chi connectivity index (χ0) is 21.1. The molecule has 0 aliphatic rings. The molecular formula is C20H23NO6S. The summed E-state index contributed by atoms with van der Waals surface area (Å²) < 4.78 is 37.1. The fourth-order valence-electron chi connectivity index (χ4n) is 2.51. The van der Waals surface area contributed by atoms with Crippen molar-refractivity contribution in [1.29, 1.82) is 0 Å². The first-order chi connectivity index (χ1) is 13.0. The van der Waals surface area contributed by atoms with Gasteiger partial charge in [0.25, 0.3) is 10.0 Å². The van der Waals surface area contributed by atoms with Gasteiger partial charge < -0.3 is 9.47 Å². The first kappa shape index (κ1) is 21.4. The Bertz CT molecular complexity index is 954. The molecule has 0 saturated carbocycles. The SMILES string of the molecule is COC(=O)c1cc(NS(=O)(=O)c2ccc(C(C)(C)C)cc2)cc(C(=O)OC)c1. The van der Waals surface area contributed by atoms with Crippen LogP contribution in [0.15, 0.2) is 47.4 Å². The third-order valence-corrected chi connectivity index (χ3v) is 5.46. The Balaban J connectivity index is 2.42. The lowest BCUT2D eigenvalue weighted by Gasteiger charge is -2.19. The summed E-state index contributed by atoms with van der Waals surface area (Å²) in [6.07, 6.45) is 0. The number of carbonyl (C=O) groups is 2. The molecule has 150 valence electrons. The van der Waals surface area contributed by atoms with Crippen molar-refractivity contribution in [3.8, 4) is 0 Å². The smallest absolute Gasteiger partial charge is 0.337 e. The van der Waals surface area contributed by atoms with E-state index in [4.69, 9.17) is 0 Å². The first-order valence-electron chi connectivity index (χ1n) is 8.43. The molecule has 0 aliphatic carbocycles.